The number of ether oxygens (including phenoxy) is 1. The van der Waals surface area contributed by atoms with Gasteiger partial charge in [-0.2, -0.15) is 0 Å². The first-order chi connectivity index (χ1) is 16.3. The number of fused-ring (bicyclic) bond motifs is 1. The van der Waals surface area contributed by atoms with E-state index in [2.05, 4.69) is 30.1 Å². The van der Waals surface area contributed by atoms with Crippen LogP contribution in [0.5, 0.6) is 6.01 Å². The zero-order valence-corrected chi connectivity index (χ0v) is 19.3. The van der Waals surface area contributed by atoms with Crippen molar-refractivity contribution in [2.75, 3.05) is 18.2 Å². The standard InChI is InChI=1S/C24H24N8O2/c1-13(2)32-19(14(3)30-21-18(26-4)12-27-23(25)31-21)9-15-7-6-8-17(20(15)22(32)33)16-10-28-24(34-5)29-11-16/h6-14H,1-3,5H3,(H3,25,27,30,31)/t14-/m0/s1. The van der Waals surface area contributed by atoms with Gasteiger partial charge in [0.25, 0.3) is 5.56 Å². The van der Waals surface area contributed by atoms with Crippen LogP contribution in [0.15, 0.2) is 47.7 Å². The number of nitrogen functional groups attached to an aromatic ring is 1. The number of aromatic nitrogens is 5. The Kier molecular flexibility index (Phi) is 6.10. The van der Waals surface area contributed by atoms with Crippen LogP contribution in [0.1, 0.15) is 38.5 Å². The monoisotopic (exact) mass is 456 g/mol. The predicted octanol–water partition coefficient (Wildman–Crippen LogP) is 4.14. The number of rotatable bonds is 6. The van der Waals surface area contributed by atoms with E-state index in [0.717, 1.165) is 22.2 Å². The molecule has 4 aromatic rings. The summed E-state index contributed by atoms with van der Waals surface area (Å²) in [7, 11) is 1.50. The molecule has 1 atom stereocenters. The van der Waals surface area contributed by atoms with E-state index in [9.17, 15) is 4.79 Å². The molecule has 3 aromatic heterocycles. The van der Waals surface area contributed by atoms with Crippen LogP contribution in [0, 0.1) is 6.57 Å². The highest BCUT2D eigenvalue weighted by Crippen LogP contribution is 2.31. The average Bonchev–Trinajstić information content (AvgIpc) is 2.83. The van der Waals surface area contributed by atoms with Gasteiger partial charge in [0, 0.05) is 35.9 Å². The van der Waals surface area contributed by atoms with Crippen molar-refractivity contribution in [2.24, 2.45) is 0 Å². The molecule has 0 radical (unpaired) electrons. The largest absolute Gasteiger partial charge is 0.467 e. The molecule has 0 aliphatic carbocycles. The molecule has 0 saturated carbocycles. The van der Waals surface area contributed by atoms with E-state index in [1.807, 2.05) is 45.0 Å². The first kappa shape index (κ1) is 22.7. The first-order valence-corrected chi connectivity index (χ1v) is 10.6. The van der Waals surface area contributed by atoms with Gasteiger partial charge >= 0.3 is 6.01 Å². The maximum atomic E-state index is 13.8. The van der Waals surface area contributed by atoms with Crippen LogP contribution >= 0.6 is 0 Å². The third-order valence-corrected chi connectivity index (χ3v) is 5.45. The van der Waals surface area contributed by atoms with Gasteiger partial charge in [0.15, 0.2) is 0 Å². The van der Waals surface area contributed by atoms with Crippen molar-refractivity contribution in [3.05, 3.63) is 70.3 Å². The second-order valence-corrected chi connectivity index (χ2v) is 8.01. The zero-order valence-electron chi connectivity index (χ0n) is 19.3. The van der Waals surface area contributed by atoms with Crippen molar-refractivity contribution < 1.29 is 4.74 Å². The number of nitrogens with zero attached hydrogens (tertiary/aromatic N) is 6. The van der Waals surface area contributed by atoms with Gasteiger partial charge in [-0.25, -0.2) is 24.8 Å². The Morgan fingerprint density at radius 2 is 1.88 bits per heavy atom. The number of nitrogens with two attached hydrogens (primary N) is 1. The van der Waals surface area contributed by atoms with Crippen molar-refractivity contribution in [3.8, 4) is 17.1 Å². The van der Waals surface area contributed by atoms with Gasteiger partial charge in [0.05, 0.1) is 25.1 Å². The second-order valence-electron chi connectivity index (χ2n) is 8.01. The number of hydrogen-bond acceptors (Lipinski definition) is 8. The minimum atomic E-state index is -0.345. The molecule has 4 rings (SSSR count). The van der Waals surface area contributed by atoms with Crippen molar-refractivity contribution >= 4 is 28.2 Å². The van der Waals surface area contributed by atoms with E-state index < -0.39 is 0 Å². The third kappa shape index (κ3) is 4.11. The van der Waals surface area contributed by atoms with Gasteiger partial charge in [0.1, 0.15) is 5.82 Å². The molecule has 0 unspecified atom stereocenters. The number of hydrogen-bond donors (Lipinski definition) is 2. The van der Waals surface area contributed by atoms with Crippen LogP contribution in [-0.4, -0.2) is 31.6 Å². The summed E-state index contributed by atoms with van der Waals surface area (Å²) in [5.41, 5.74) is 8.06. The summed E-state index contributed by atoms with van der Waals surface area (Å²) in [5.74, 6) is 0.384. The summed E-state index contributed by atoms with van der Waals surface area (Å²) in [5, 5.41) is 4.59. The lowest BCUT2D eigenvalue weighted by atomic mass is 9.99. The second kappa shape index (κ2) is 9.15. The van der Waals surface area contributed by atoms with Crippen molar-refractivity contribution in [1.82, 2.24) is 24.5 Å². The zero-order chi connectivity index (χ0) is 24.4. The Labute approximate surface area is 196 Å². The molecule has 3 heterocycles. The predicted molar refractivity (Wildman–Crippen MR) is 131 cm³/mol. The highest BCUT2D eigenvalue weighted by molar-refractivity contribution is 5.96. The number of anilines is 2. The van der Waals surface area contributed by atoms with Crippen LogP contribution in [-0.2, 0) is 0 Å². The molecule has 0 spiro atoms. The molecule has 10 heteroatoms. The smallest absolute Gasteiger partial charge is 0.316 e. The van der Waals surface area contributed by atoms with Gasteiger partial charge in [0.2, 0.25) is 11.6 Å². The topological polar surface area (TPSA) is 125 Å². The van der Waals surface area contributed by atoms with E-state index in [1.165, 1.54) is 13.3 Å². The molecule has 10 nitrogen and oxygen atoms in total. The summed E-state index contributed by atoms with van der Waals surface area (Å²) in [6.45, 7) is 13.2. The maximum absolute atomic E-state index is 13.8. The molecular formula is C24H24N8O2. The summed E-state index contributed by atoms with van der Waals surface area (Å²) in [4.78, 5) is 33.7. The molecule has 0 aliphatic heterocycles. The van der Waals surface area contributed by atoms with Crippen LogP contribution in [0.3, 0.4) is 0 Å². The Balaban J connectivity index is 1.87. The van der Waals surface area contributed by atoms with E-state index in [0.29, 0.717) is 11.2 Å². The summed E-state index contributed by atoms with van der Waals surface area (Å²) in [6, 6.07) is 7.45. The van der Waals surface area contributed by atoms with Crippen molar-refractivity contribution in [1.29, 1.82) is 0 Å². The number of pyridine rings is 1. The normalized spacial score (nSPS) is 11.9. The average molecular weight is 457 g/mol. The molecule has 0 amide bonds. The summed E-state index contributed by atoms with van der Waals surface area (Å²) < 4.78 is 6.80. The van der Waals surface area contributed by atoms with Crippen molar-refractivity contribution in [2.45, 2.75) is 32.9 Å². The molecule has 172 valence electrons. The van der Waals surface area contributed by atoms with Gasteiger partial charge in [-0.1, -0.05) is 18.2 Å². The molecule has 0 aliphatic rings. The maximum Gasteiger partial charge on any atom is 0.316 e. The SMILES string of the molecule is [C-]#[N+]c1cnc(N)nc1N[C@@H](C)c1cc2cccc(-c3cnc(OC)nc3)c2c(=O)n1C(C)C. The fraction of sp³-hybridized carbons (Fsp3) is 0.250. The molecule has 0 fully saturated rings. The minimum Gasteiger partial charge on any atom is -0.467 e. The van der Waals surface area contributed by atoms with E-state index >= 15 is 0 Å². The van der Waals surface area contributed by atoms with Gasteiger partial charge in [-0.05, 0) is 37.8 Å². The van der Waals surface area contributed by atoms with Crippen LogP contribution in [0.4, 0.5) is 17.5 Å². The highest BCUT2D eigenvalue weighted by Gasteiger charge is 2.20. The van der Waals surface area contributed by atoms with Crippen LogP contribution < -0.4 is 21.3 Å². The lowest BCUT2D eigenvalue weighted by molar-refractivity contribution is 0.380. The van der Waals surface area contributed by atoms with Crippen molar-refractivity contribution in [3.63, 3.8) is 0 Å². The Morgan fingerprint density at radius 3 is 2.53 bits per heavy atom. The Bertz CT molecular complexity index is 1460. The van der Waals surface area contributed by atoms with E-state index in [1.54, 1.807) is 17.0 Å². The lowest BCUT2D eigenvalue weighted by Crippen LogP contribution is -2.28. The van der Waals surface area contributed by atoms with E-state index in [4.69, 9.17) is 17.0 Å². The number of nitrogens with one attached hydrogen (secondary N) is 1. The lowest BCUT2D eigenvalue weighted by Gasteiger charge is -2.24. The molecule has 1 aromatic carbocycles. The number of methoxy groups -OCH3 is 1. The quantitative estimate of drug-likeness (QED) is 0.415. The van der Waals surface area contributed by atoms with Gasteiger partial charge in [-0.3, -0.25) is 4.79 Å². The van der Waals surface area contributed by atoms with Crippen LogP contribution in [0.2, 0.25) is 0 Å². The summed E-state index contributed by atoms with van der Waals surface area (Å²) in [6.07, 6.45) is 4.66. The first-order valence-electron chi connectivity index (χ1n) is 10.6. The summed E-state index contributed by atoms with van der Waals surface area (Å²) >= 11 is 0. The Morgan fingerprint density at radius 1 is 1.15 bits per heavy atom. The Hall–Kier alpha value is -4.52. The molecule has 34 heavy (non-hydrogen) atoms. The third-order valence-electron chi connectivity index (χ3n) is 5.45. The van der Waals surface area contributed by atoms with Crippen LogP contribution in [0.25, 0.3) is 26.7 Å². The molecular weight excluding hydrogens is 432 g/mol. The fourth-order valence-corrected chi connectivity index (χ4v) is 3.92. The molecule has 0 saturated heterocycles. The molecule has 3 N–H and O–H groups in total. The van der Waals surface area contributed by atoms with E-state index in [-0.39, 0.29) is 35.3 Å². The number of benzene rings is 1. The fourth-order valence-electron chi connectivity index (χ4n) is 3.92. The highest BCUT2D eigenvalue weighted by atomic mass is 16.5. The minimum absolute atomic E-state index is 0.0632. The molecule has 0 bridgehead atoms. The van der Waals surface area contributed by atoms with Gasteiger partial charge < -0.3 is 20.4 Å². The van der Waals surface area contributed by atoms with Gasteiger partial charge in [-0.15, -0.1) is 0 Å².